The standard InChI is InChI=1S/C12H18N4O/c1-14-11-8-9(5-6-15-11)16-7-3-2-4-10(16)12(13)17/h5-6,8,10H,2-4,7H2,1H3,(H2,13,17)(H,14,15). The van der Waals surface area contributed by atoms with E-state index in [1.54, 1.807) is 6.20 Å². The third-order valence-electron chi connectivity index (χ3n) is 3.16. The van der Waals surface area contributed by atoms with Crippen LogP contribution in [0.4, 0.5) is 11.5 Å². The lowest BCUT2D eigenvalue weighted by Gasteiger charge is -2.35. The van der Waals surface area contributed by atoms with Gasteiger partial charge < -0.3 is 16.0 Å². The van der Waals surface area contributed by atoms with Gasteiger partial charge in [0.05, 0.1) is 0 Å². The molecule has 92 valence electrons. The van der Waals surface area contributed by atoms with Gasteiger partial charge in [0, 0.05) is 31.5 Å². The summed E-state index contributed by atoms with van der Waals surface area (Å²) < 4.78 is 0. The second kappa shape index (κ2) is 5.03. The summed E-state index contributed by atoms with van der Waals surface area (Å²) in [7, 11) is 1.83. The number of piperidine rings is 1. The molecule has 0 radical (unpaired) electrons. The van der Waals surface area contributed by atoms with Crippen molar-refractivity contribution in [3.05, 3.63) is 18.3 Å². The molecule has 2 rings (SSSR count). The van der Waals surface area contributed by atoms with Gasteiger partial charge in [-0.3, -0.25) is 4.79 Å². The lowest BCUT2D eigenvalue weighted by molar-refractivity contribution is -0.119. The van der Waals surface area contributed by atoms with Gasteiger partial charge in [0.2, 0.25) is 5.91 Å². The third-order valence-corrected chi connectivity index (χ3v) is 3.16. The summed E-state index contributed by atoms with van der Waals surface area (Å²) in [6.07, 6.45) is 4.75. The molecule has 0 saturated carbocycles. The van der Waals surface area contributed by atoms with Crippen LogP contribution in [0.5, 0.6) is 0 Å². The number of carbonyl (C=O) groups is 1. The Morgan fingerprint density at radius 1 is 1.59 bits per heavy atom. The van der Waals surface area contributed by atoms with Gasteiger partial charge >= 0.3 is 0 Å². The summed E-state index contributed by atoms with van der Waals surface area (Å²) in [5, 5.41) is 3.00. The predicted octanol–water partition coefficient (Wildman–Crippen LogP) is 0.967. The Balaban J connectivity index is 2.26. The molecule has 0 bridgehead atoms. The normalized spacial score (nSPS) is 20.1. The molecule has 1 aromatic heterocycles. The number of primary amides is 1. The van der Waals surface area contributed by atoms with Crippen LogP contribution in [0.15, 0.2) is 18.3 Å². The summed E-state index contributed by atoms with van der Waals surface area (Å²) in [6, 6.07) is 3.68. The molecule has 1 unspecified atom stereocenters. The molecule has 1 amide bonds. The molecule has 5 nitrogen and oxygen atoms in total. The number of nitrogens with zero attached hydrogens (tertiary/aromatic N) is 2. The third kappa shape index (κ3) is 2.49. The van der Waals surface area contributed by atoms with Crippen LogP contribution >= 0.6 is 0 Å². The molecule has 1 atom stereocenters. The molecule has 1 aliphatic heterocycles. The second-order valence-corrected chi connectivity index (χ2v) is 4.26. The van der Waals surface area contributed by atoms with E-state index in [0.29, 0.717) is 0 Å². The summed E-state index contributed by atoms with van der Waals surface area (Å²) in [5.74, 6) is 0.559. The molecule has 17 heavy (non-hydrogen) atoms. The zero-order valence-electron chi connectivity index (χ0n) is 10.0. The van der Waals surface area contributed by atoms with E-state index in [-0.39, 0.29) is 11.9 Å². The summed E-state index contributed by atoms with van der Waals surface area (Å²) in [6.45, 7) is 0.876. The van der Waals surface area contributed by atoms with Crippen LogP contribution in [0, 0.1) is 0 Å². The second-order valence-electron chi connectivity index (χ2n) is 4.26. The van der Waals surface area contributed by atoms with E-state index in [4.69, 9.17) is 5.73 Å². The van der Waals surface area contributed by atoms with Crippen LogP contribution in [0.2, 0.25) is 0 Å². The number of pyridine rings is 1. The molecule has 1 aromatic rings. The minimum Gasteiger partial charge on any atom is -0.373 e. The average Bonchev–Trinajstić information content (AvgIpc) is 2.39. The van der Waals surface area contributed by atoms with Crippen LogP contribution in [0.25, 0.3) is 0 Å². The highest BCUT2D eigenvalue weighted by Crippen LogP contribution is 2.25. The quantitative estimate of drug-likeness (QED) is 0.817. The number of rotatable bonds is 3. The maximum atomic E-state index is 11.4. The lowest BCUT2D eigenvalue weighted by Crippen LogP contribution is -2.47. The van der Waals surface area contributed by atoms with E-state index in [0.717, 1.165) is 37.3 Å². The van der Waals surface area contributed by atoms with Gasteiger partial charge in [-0.2, -0.15) is 0 Å². The van der Waals surface area contributed by atoms with Crippen molar-refractivity contribution in [2.24, 2.45) is 5.73 Å². The van der Waals surface area contributed by atoms with Gasteiger partial charge in [-0.15, -0.1) is 0 Å². The summed E-state index contributed by atoms with van der Waals surface area (Å²) in [5.41, 5.74) is 6.46. The van der Waals surface area contributed by atoms with Crippen molar-refractivity contribution < 1.29 is 4.79 Å². The fourth-order valence-electron chi connectivity index (χ4n) is 2.27. The van der Waals surface area contributed by atoms with Crippen LogP contribution in [-0.2, 0) is 4.79 Å². The van der Waals surface area contributed by atoms with Gasteiger partial charge in [0.15, 0.2) is 0 Å². The van der Waals surface area contributed by atoms with Crippen LogP contribution in [0.3, 0.4) is 0 Å². The highest BCUT2D eigenvalue weighted by Gasteiger charge is 2.27. The van der Waals surface area contributed by atoms with E-state index in [1.165, 1.54) is 0 Å². The molecule has 5 heteroatoms. The van der Waals surface area contributed by atoms with E-state index >= 15 is 0 Å². The molecular weight excluding hydrogens is 216 g/mol. The molecule has 1 fully saturated rings. The smallest absolute Gasteiger partial charge is 0.240 e. The monoisotopic (exact) mass is 234 g/mol. The first-order valence-corrected chi connectivity index (χ1v) is 5.92. The molecule has 0 aliphatic carbocycles. The molecule has 0 aromatic carbocycles. The predicted molar refractivity (Wildman–Crippen MR) is 68.0 cm³/mol. The molecule has 1 saturated heterocycles. The Morgan fingerprint density at radius 2 is 2.41 bits per heavy atom. The van der Waals surface area contributed by atoms with E-state index < -0.39 is 0 Å². The Bertz CT molecular complexity index is 407. The first-order valence-electron chi connectivity index (χ1n) is 5.92. The maximum Gasteiger partial charge on any atom is 0.240 e. The van der Waals surface area contributed by atoms with Gasteiger partial charge in [0.1, 0.15) is 11.9 Å². The first kappa shape index (κ1) is 11.7. The van der Waals surface area contributed by atoms with E-state index in [1.807, 2.05) is 19.2 Å². The average molecular weight is 234 g/mol. The molecule has 3 N–H and O–H groups in total. The number of nitrogens with two attached hydrogens (primary N) is 1. The summed E-state index contributed by atoms with van der Waals surface area (Å²) >= 11 is 0. The maximum absolute atomic E-state index is 11.4. The van der Waals surface area contributed by atoms with Crippen molar-refractivity contribution in [1.29, 1.82) is 0 Å². The minimum absolute atomic E-state index is 0.184. The Labute approximate surface area is 101 Å². The van der Waals surface area contributed by atoms with Crippen LogP contribution in [0.1, 0.15) is 19.3 Å². The Morgan fingerprint density at radius 3 is 3.12 bits per heavy atom. The van der Waals surface area contributed by atoms with E-state index in [2.05, 4.69) is 15.2 Å². The minimum atomic E-state index is -0.243. The highest BCUT2D eigenvalue weighted by molar-refractivity contribution is 5.84. The fraction of sp³-hybridized carbons (Fsp3) is 0.500. The largest absolute Gasteiger partial charge is 0.373 e. The molecule has 2 heterocycles. The van der Waals surface area contributed by atoms with Gasteiger partial charge in [-0.05, 0) is 25.3 Å². The lowest BCUT2D eigenvalue weighted by atomic mass is 10.0. The van der Waals surface area contributed by atoms with E-state index in [9.17, 15) is 4.79 Å². The Kier molecular flexibility index (Phi) is 3.46. The molecule has 1 aliphatic rings. The Hall–Kier alpha value is -1.78. The topological polar surface area (TPSA) is 71.2 Å². The van der Waals surface area contributed by atoms with Gasteiger partial charge in [-0.25, -0.2) is 4.98 Å². The highest BCUT2D eigenvalue weighted by atomic mass is 16.1. The zero-order valence-corrected chi connectivity index (χ0v) is 10.0. The number of nitrogens with one attached hydrogen (secondary N) is 1. The van der Waals surface area contributed by atoms with Crippen LogP contribution < -0.4 is 16.0 Å². The SMILES string of the molecule is CNc1cc(N2CCCCC2C(N)=O)ccn1. The van der Waals surface area contributed by atoms with Crippen molar-refractivity contribution in [3.63, 3.8) is 0 Å². The van der Waals surface area contributed by atoms with Crippen molar-refractivity contribution in [3.8, 4) is 0 Å². The number of hydrogen-bond acceptors (Lipinski definition) is 4. The first-order chi connectivity index (χ1) is 8.22. The number of anilines is 2. The number of hydrogen-bond donors (Lipinski definition) is 2. The van der Waals surface area contributed by atoms with Crippen molar-refractivity contribution >= 4 is 17.4 Å². The van der Waals surface area contributed by atoms with Crippen molar-refractivity contribution in [2.45, 2.75) is 25.3 Å². The van der Waals surface area contributed by atoms with Crippen molar-refractivity contribution in [2.75, 3.05) is 23.8 Å². The summed E-state index contributed by atoms with van der Waals surface area (Å²) in [4.78, 5) is 17.7. The number of amides is 1. The fourth-order valence-corrected chi connectivity index (χ4v) is 2.27. The number of carbonyl (C=O) groups excluding carboxylic acids is 1. The molecular formula is C12H18N4O. The molecule has 0 spiro atoms. The van der Waals surface area contributed by atoms with Gasteiger partial charge in [0.25, 0.3) is 0 Å². The zero-order chi connectivity index (χ0) is 12.3. The van der Waals surface area contributed by atoms with Crippen LogP contribution in [-0.4, -0.2) is 30.5 Å². The van der Waals surface area contributed by atoms with Gasteiger partial charge in [-0.1, -0.05) is 0 Å². The van der Waals surface area contributed by atoms with Crippen molar-refractivity contribution in [1.82, 2.24) is 4.98 Å². The number of aromatic nitrogens is 1.